The largest absolute Gasteiger partial charge is 0.326 e. The van der Waals surface area contributed by atoms with Crippen molar-refractivity contribution in [3.05, 3.63) is 23.9 Å². The SMILES string of the molecule is CC(C)C1=[N+](C)c2ncccc2C1(C)C. The molecule has 2 rings (SSSR count). The number of rotatable bonds is 1. The Balaban J connectivity index is 2.68. The van der Waals surface area contributed by atoms with E-state index >= 15 is 0 Å². The molecule has 0 fully saturated rings. The number of pyridine rings is 1. The number of hydrogen-bond donors (Lipinski definition) is 0. The summed E-state index contributed by atoms with van der Waals surface area (Å²) in [7, 11) is 2.12. The first-order valence-electron chi connectivity index (χ1n) is 5.52. The maximum Gasteiger partial charge on any atom is 0.326 e. The van der Waals surface area contributed by atoms with Gasteiger partial charge in [-0.05, 0) is 31.0 Å². The van der Waals surface area contributed by atoms with Gasteiger partial charge in [-0.3, -0.25) is 0 Å². The zero-order chi connectivity index (χ0) is 11.2. The fourth-order valence-electron chi connectivity index (χ4n) is 2.93. The van der Waals surface area contributed by atoms with Gasteiger partial charge in [-0.2, -0.15) is 0 Å². The van der Waals surface area contributed by atoms with E-state index in [1.54, 1.807) is 0 Å². The summed E-state index contributed by atoms with van der Waals surface area (Å²) in [6.07, 6.45) is 1.87. The van der Waals surface area contributed by atoms with Gasteiger partial charge in [0.25, 0.3) is 0 Å². The third-order valence-corrected chi connectivity index (χ3v) is 3.33. The molecule has 0 saturated carbocycles. The van der Waals surface area contributed by atoms with E-state index in [9.17, 15) is 0 Å². The Kier molecular flexibility index (Phi) is 2.18. The Morgan fingerprint density at radius 1 is 1.33 bits per heavy atom. The van der Waals surface area contributed by atoms with Crippen molar-refractivity contribution in [2.45, 2.75) is 33.1 Å². The van der Waals surface area contributed by atoms with Gasteiger partial charge in [0.1, 0.15) is 6.20 Å². The minimum Gasteiger partial charge on any atom is -0.233 e. The monoisotopic (exact) mass is 203 g/mol. The van der Waals surface area contributed by atoms with E-state index in [1.807, 2.05) is 12.3 Å². The van der Waals surface area contributed by atoms with Crippen LogP contribution in [0.25, 0.3) is 0 Å². The average molecular weight is 203 g/mol. The Bertz CT molecular complexity index is 428. The Labute approximate surface area is 91.7 Å². The van der Waals surface area contributed by atoms with Crippen LogP contribution in [0.1, 0.15) is 33.3 Å². The highest BCUT2D eigenvalue weighted by Gasteiger charge is 2.43. The molecule has 0 radical (unpaired) electrons. The lowest BCUT2D eigenvalue weighted by atomic mass is 9.78. The summed E-state index contributed by atoms with van der Waals surface area (Å²) in [6.45, 7) is 9.07. The van der Waals surface area contributed by atoms with Crippen LogP contribution in [0.3, 0.4) is 0 Å². The van der Waals surface area contributed by atoms with Crippen LogP contribution in [0.4, 0.5) is 5.82 Å². The summed E-state index contributed by atoms with van der Waals surface area (Å²) >= 11 is 0. The van der Waals surface area contributed by atoms with Crippen LogP contribution in [-0.4, -0.2) is 22.3 Å². The lowest BCUT2D eigenvalue weighted by Crippen LogP contribution is -2.32. The maximum absolute atomic E-state index is 4.47. The molecule has 1 aromatic heterocycles. The number of aromatic nitrogens is 1. The molecule has 0 amide bonds. The highest BCUT2D eigenvalue weighted by molar-refractivity contribution is 5.95. The third kappa shape index (κ3) is 1.31. The normalized spacial score (nSPS) is 18.5. The van der Waals surface area contributed by atoms with Crippen LogP contribution < -0.4 is 0 Å². The highest BCUT2D eigenvalue weighted by Crippen LogP contribution is 2.39. The van der Waals surface area contributed by atoms with Gasteiger partial charge in [-0.15, -0.1) is 0 Å². The molecular weight excluding hydrogens is 184 g/mol. The predicted octanol–water partition coefficient (Wildman–Crippen LogP) is 2.74. The Morgan fingerprint density at radius 2 is 2.00 bits per heavy atom. The van der Waals surface area contributed by atoms with Gasteiger partial charge in [0.05, 0.1) is 23.7 Å². The van der Waals surface area contributed by atoms with Crippen molar-refractivity contribution in [2.24, 2.45) is 5.92 Å². The number of nitrogens with zero attached hydrogens (tertiary/aromatic N) is 2. The number of hydrogen-bond acceptors (Lipinski definition) is 1. The molecule has 0 aliphatic carbocycles. The molecule has 1 aromatic rings. The summed E-state index contributed by atoms with van der Waals surface area (Å²) in [5.74, 6) is 1.67. The second kappa shape index (κ2) is 3.16. The summed E-state index contributed by atoms with van der Waals surface area (Å²) in [5, 5.41) is 0. The van der Waals surface area contributed by atoms with E-state index in [1.165, 1.54) is 11.3 Å². The summed E-state index contributed by atoms with van der Waals surface area (Å²) in [6, 6.07) is 4.21. The standard InChI is InChI=1S/C13H19N2/c1-9(2)11-13(3,4)10-7-6-8-14-12(10)15(11)5/h6-9H,1-5H3/q+1. The molecule has 0 saturated heterocycles. The van der Waals surface area contributed by atoms with Gasteiger partial charge in [0.2, 0.25) is 0 Å². The lowest BCUT2D eigenvalue weighted by molar-refractivity contribution is -0.409. The van der Waals surface area contributed by atoms with Crippen molar-refractivity contribution in [1.82, 2.24) is 4.98 Å². The van der Waals surface area contributed by atoms with Crippen molar-refractivity contribution in [2.75, 3.05) is 7.05 Å². The third-order valence-electron chi connectivity index (χ3n) is 3.33. The Hall–Kier alpha value is -1.18. The van der Waals surface area contributed by atoms with E-state index < -0.39 is 0 Å². The smallest absolute Gasteiger partial charge is 0.233 e. The van der Waals surface area contributed by atoms with Gasteiger partial charge >= 0.3 is 5.82 Å². The first-order valence-corrected chi connectivity index (χ1v) is 5.52. The second-order valence-corrected chi connectivity index (χ2v) is 5.10. The van der Waals surface area contributed by atoms with E-state index in [0.717, 1.165) is 5.82 Å². The van der Waals surface area contributed by atoms with Crippen LogP contribution in [0.2, 0.25) is 0 Å². The molecule has 0 aromatic carbocycles. The quantitative estimate of drug-likeness (QED) is 0.641. The predicted molar refractivity (Wildman–Crippen MR) is 63.0 cm³/mol. The van der Waals surface area contributed by atoms with E-state index in [2.05, 4.69) is 50.4 Å². The molecule has 0 atom stereocenters. The molecule has 0 spiro atoms. The van der Waals surface area contributed by atoms with E-state index in [0.29, 0.717) is 5.92 Å². The minimum absolute atomic E-state index is 0.118. The zero-order valence-corrected chi connectivity index (χ0v) is 10.2. The van der Waals surface area contributed by atoms with Crippen LogP contribution in [0.15, 0.2) is 18.3 Å². The Morgan fingerprint density at radius 3 is 2.53 bits per heavy atom. The lowest BCUT2D eigenvalue weighted by Gasteiger charge is -2.21. The molecule has 2 heteroatoms. The first kappa shape index (κ1) is 10.3. The van der Waals surface area contributed by atoms with Crippen molar-refractivity contribution in [1.29, 1.82) is 0 Å². The summed E-state index contributed by atoms with van der Waals surface area (Å²) < 4.78 is 2.25. The minimum atomic E-state index is 0.118. The first-order chi connectivity index (χ1) is 6.96. The fraction of sp³-hybridized carbons (Fsp3) is 0.538. The molecule has 0 bridgehead atoms. The van der Waals surface area contributed by atoms with Crippen LogP contribution in [0, 0.1) is 5.92 Å². The molecule has 0 unspecified atom stereocenters. The van der Waals surface area contributed by atoms with E-state index in [-0.39, 0.29) is 5.41 Å². The summed E-state index contributed by atoms with van der Waals surface area (Å²) in [4.78, 5) is 4.47. The van der Waals surface area contributed by atoms with E-state index in [4.69, 9.17) is 0 Å². The maximum atomic E-state index is 4.47. The van der Waals surface area contributed by atoms with Crippen LogP contribution in [-0.2, 0) is 5.41 Å². The van der Waals surface area contributed by atoms with Crippen molar-refractivity contribution in [3.8, 4) is 0 Å². The summed E-state index contributed by atoms with van der Waals surface area (Å²) in [5.41, 5.74) is 2.92. The van der Waals surface area contributed by atoms with Crippen LogP contribution >= 0.6 is 0 Å². The van der Waals surface area contributed by atoms with Gasteiger partial charge in [-0.1, -0.05) is 13.8 Å². The van der Waals surface area contributed by atoms with Gasteiger partial charge in [0.15, 0.2) is 0 Å². The topological polar surface area (TPSA) is 15.9 Å². The van der Waals surface area contributed by atoms with Gasteiger partial charge in [0, 0.05) is 5.92 Å². The zero-order valence-electron chi connectivity index (χ0n) is 10.2. The molecular formula is C13H19N2+. The van der Waals surface area contributed by atoms with Crippen LogP contribution in [0.5, 0.6) is 0 Å². The van der Waals surface area contributed by atoms with Gasteiger partial charge in [-0.25, -0.2) is 4.58 Å². The molecule has 80 valence electrons. The molecule has 2 nitrogen and oxygen atoms in total. The number of fused-ring (bicyclic) bond motifs is 1. The van der Waals surface area contributed by atoms with Crippen molar-refractivity contribution < 1.29 is 4.58 Å². The molecule has 0 N–H and O–H groups in total. The fourth-order valence-corrected chi connectivity index (χ4v) is 2.93. The van der Waals surface area contributed by atoms with Gasteiger partial charge < -0.3 is 0 Å². The highest BCUT2D eigenvalue weighted by atomic mass is 15.1. The average Bonchev–Trinajstić information content (AvgIpc) is 2.36. The van der Waals surface area contributed by atoms with Crippen molar-refractivity contribution >= 4 is 11.5 Å². The van der Waals surface area contributed by atoms with Crippen molar-refractivity contribution in [3.63, 3.8) is 0 Å². The molecule has 1 aliphatic heterocycles. The molecule has 2 heterocycles. The molecule has 1 aliphatic rings. The molecule has 15 heavy (non-hydrogen) atoms. The second-order valence-electron chi connectivity index (χ2n) is 5.10.